The summed E-state index contributed by atoms with van der Waals surface area (Å²) in [6.07, 6.45) is 2.78. The molecule has 1 heterocycles. The van der Waals surface area contributed by atoms with Crippen LogP contribution in [0, 0.1) is 5.92 Å². The molecule has 0 unspecified atom stereocenters. The highest BCUT2D eigenvalue weighted by Gasteiger charge is 2.14. The van der Waals surface area contributed by atoms with Crippen molar-refractivity contribution in [1.82, 2.24) is 5.32 Å². The van der Waals surface area contributed by atoms with Crippen molar-refractivity contribution in [3.63, 3.8) is 0 Å². The third-order valence-electron chi connectivity index (χ3n) is 2.16. The molecule has 1 aliphatic rings. The number of hydrogen-bond acceptors (Lipinski definition) is 1. The molecule has 1 aliphatic heterocycles. The fourth-order valence-electron chi connectivity index (χ4n) is 1.20. The van der Waals surface area contributed by atoms with E-state index in [1.54, 1.807) is 0 Å². The maximum absolute atomic E-state index is 3.43. The van der Waals surface area contributed by atoms with Crippen LogP contribution in [0.2, 0.25) is 0 Å². The molecule has 1 nitrogen and oxygen atoms in total. The molecular formula is C7H15N. The van der Waals surface area contributed by atoms with Crippen molar-refractivity contribution in [3.05, 3.63) is 0 Å². The molecule has 0 bridgehead atoms. The Hall–Kier alpha value is -0.0400. The predicted octanol–water partition coefficient (Wildman–Crippen LogP) is 1.39. The van der Waals surface area contributed by atoms with Gasteiger partial charge in [0.1, 0.15) is 0 Å². The van der Waals surface area contributed by atoms with E-state index in [0.717, 1.165) is 12.0 Å². The summed E-state index contributed by atoms with van der Waals surface area (Å²) in [6, 6.07) is 0.753. The molecule has 0 radical (unpaired) electrons. The highest BCUT2D eigenvalue weighted by Crippen LogP contribution is 2.13. The van der Waals surface area contributed by atoms with Crippen LogP contribution >= 0.6 is 0 Å². The van der Waals surface area contributed by atoms with E-state index in [2.05, 4.69) is 19.2 Å². The quantitative estimate of drug-likeness (QED) is 0.500. The zero-order valence-corrected chi connectivity index (χ0v) is 5.78. The fraction of sp³-hybridized carbons (Fsp3) is 1.00. The summed E-state index contributed by atoms with van der Waals surface area (Å²) in [6.45, 7) is 5.81. The summed E-state index contributed by atoms with van der Waals surface area (Å²) in [4.78, 5) is 0. The summed E-state index contributed by atoms with van der Waals surface area (Å²) in [5, 5.41) is 3.43. The molecule has 1 rings (SSSR count). The van der Waals surface area contributed by atoms with Crippen molar-refractivity contribution in [3.8, 4) is 0 Å². The lowest BCUT2D eigenvalue weighted by molar-refractivity contribution is 0.319. The van der Waals surface area contributed by atoms with E-state index in [1.807, 2.05) is 0 Å². The van der Waals surface area contributed by atoms with Crippen LogP contribution in [0.4, 0.5) is 0 Å². The maximum atomic E-state index is 3.43. The lowest BCUT2D eigenvalue weighted by Gasteiger charge is -2.26. The lowest BCUT2D eigenvalue weighted by atomic mass is 9.94. The summed E-state index contributed by atoms with van der Waals surface area (Å²) in [5.41, 5.74) is 0. The molecule has 1 heteroatoms. The van der Waals surface area contributed by atoms with Crippen molar-refractivity contribution in [1.29, 1.82) is 0 Å². The van der Waals surface area contributed by atoms with Gasteiger partial charge in [0.25, 0.3) is 0 Å². The van der Waals surface area contributed by atoms with Crippen molar-refractivity contribution in [2.45, 2.75) is 32.7 Å². The van der Waals surface area contributed by atoms with Crippen LogP contribution in [0.3, 0.4) is 0 Å². The van der Waals surface area contributed by atoms with Crippen molar-refractivity contribution >= 4 is 0 Å². The first-order chi connectivity index (χ1) is 3.80. The van der Waals surface area contributed by atoms with Gasteiger partial charge in [-0.05, 0) is 32.2 Å². The normalized spacial score (nSPS) is 39.8. The molecule has 1 N–H and O–H groups in total. The minimum absolute atomic E-state index is 0.753. The molecule has 1 saturated heterocycles. The predicted molar refractivity (Wildman–Crippen MR) is 35.9 cm³/mol. The van der Waals surface area contributed by atoms with Gasteiger partial charge >= 0.3 is 0 Å². The number of piperidine rings is 1. The molecule has 1 fully saturated rings. The van der Waals surface area contributed by atoms with E-state index in [4.69, 9.17) is 0 Å². The molecule has 0 aromatic heterocycles. The van der Waals surface area contributed by atoms with Gasteiger partial charge in [-0.2, -0.15) is 0 Å². The Morgan fingerprint density at radius 3 is 2.50 bits per heavy atom. The second-order valence-electron chi connectivity index (χ2n) is 2.86. The number of nitrogens with one attached hydrogen (secondary N) is 1. The zero-order chi connectivity index (χ0) is 5.98. The Bertz CT molecular complexity index is 60.8. The van der Waals surface area contributed by atoms with Gasteiger partial charge in [0.15, 0.2) is 0 Å². The molecule has 0 saturated carbocycles. The van der Waals surface area contributed by atoms with Crippen LogP contribution in [0.5, 0.6) is 0 Å². The maximum Gasteiger partial charge on any atom is 0.00643 e. The van der Waals surface area contributed by atoms with Gasteiger partial charge in [-0.3, -0.25) is 0 Å². The van der Waals surface area contributed by atoms with Crippen LogP contribution in [-0.2, 0) is 0 Å². The Balaban J connectivity index is 2.28. The van der Waals surface area contributed by atoms with E-state index in [0.29, 0.717) is 0 Å². The van der Waals surface area contributed by atoms with Gasteiger partial charge in [-0.15, -0.1) is 0 Å². The minimum atomic E-state index is 0.753. The third kappa shape index (κ3) is 1.22. The van der Waals surface area contributed by atoms with E-state index in [1.165, 1.54) is 19.4 Å². The van der Waals surface area contributed by atoms with Gasteiger partial charge in [-0.25, -0.2) is 0 Å². The summed E-state index contributed by atoms with van der Waals surface area (Å²) < 4.78 is 0. The summed E-state index contributed by atoms with van der Waals surface area (Å²) in [7, 11) is 0. The molecule has 0 aromatic carbocycles. The molecule has 0 aliphatic carbocycles. The Morgan fingerprint density at radius 1 is 1.38 bits per heavy atom. The van der Waals surface area contributed by atoms with Gasteiger partial charge < -0.3 is 5.32 Å². The van der Waals surface area contributed by atoms with Crippen molar-refractivity contribution < 1.29 is 0 Å². The first-order valence-electron chi connectivity index (χ1n) is 3.54. The van der Waals surface area contributed by atoms with Crippen molar-refractivity contribution in [2.24, 2.45) is 5.92 Å². The van der Waals surface area contributed by atoms with Crippen LogP contribution in [0.25, 0.3) is 0 Å². The molecule has 0 aromatic rings. The topological polar surface area (TPSA) is 12.0 Å². The number of rotatable bonds is 0. The van der Waals surface area contributed by atoms with Gasteiger partial charge in [0, 0.05) is 6.04 Å². The van der Waals surface area contributed by atoms with E-state index in [-0.39, 0.29) is 0 Å². The summed E-state index contributed by atoms with van der Waals surface area (Å²) in [5.74, 6) is 0.892. The Labute approximate surface area is 51.5 Å². The largest absolute Gasteiger partial charge is 0.314 e. The second kappa shape index (κ2) is 2.49. The highest BCUT2D eigenvalue weighted by molar-refractivity contribution is 4.73. The van der Waals surface area contributed by atoms with Gasteiger partial charge in [0.2, 0.25) is 0 Å². The zero-order valence-electron chi connectivity index (χ0n) is 5.78. The van der Waals surface area contributed by atoms with Crippen LogP contribution in [-0.4, -0.2) is 12.6 Å². The van der Waals surface area contributed by atoms with Gasteiger partial charge in [-0.1, -0.05) is 6.92 Å². The second-order valence-corrected chi connectivity index (χ2v) is 2.86. The minimum Gasteiger partial charge on any atom is -0.314 e. The monoisotopic (exact) mass is 113 g/mol. The molecule has 0 spiro atoms. The van der Waals surface area contributed by atoms with Crippen LogP contribution < -0.4 is 5.32 Å². The Morgan fingerprint density at radius 2 is 2.12 bits per heavy atom. The first-order valence-corrected chi connectivity index (χ1v) is 3.54. The van der Waals surface area contributed by atoms with Gasteiger partial charge in [0.05, 0.1) is 0 Å². The average molecular weight is 113 g/mol. The summed E-state index contributed by atoms with van der Waals surface area (Å²) >= 11 is 0. The highest BCUT2D eigenvalue weighted by atomic mass is 14.9. The Kier molecular flexibility index (Phi) is 1.90. The molecular weight excluding hydrogens is 98.1 g/mol. The fourth-order valence-corrected chi connectivity index (χ4v) is 1.20. The molecule has 48 valence electrons. The standard InChI is InChI=1S/C7H15N/c1-6-4-3-5-8-7(6)2/h6-8H,3-5H2,1-2H3/t6-,7+/m1/s1. The molecule has 8 heavy (non-hydrogen) atoms. The van der Waals surface area contributed by atoms with E-state index < -0.39 is 0 Å². The number of hydrogen-bond donors (Lipinski definition) is 1. The smallest absolute Gasteiger partial charge is 0.00643 e. The molecule has 2 atom stereocenters. The van der Waals surface area contributed by atoms with Crippen LogP contribution in [0.15, 0.2) is 0 Å². The SMILES string of the molecule is C[C@@H]1CCCN[C@H]1C. The third-order valence-corrected chi connectivity index (χ3v) is 2.16. The average Bonchev–Trinajstić information content (AvgIpc) is 1.77. The molecule has 0 amide bonds. The van der Waals surface area contributed by atoms with E-state index in [9.17, 15) is 0 Å². The first kappa shape index (κ1) is 6.09. The van der Waals surface area contributed by atoms with E-state index >= 15 is 0 Å². The van der Waals surface area contributed by atoms with Crippen molar-refractivity contribution in [2.75, 3.05) is 6.54 Å². The lowest BCUT2D eigenvalue weighted by Crippen LogP contribution is -2.37. The van der Waals surface area contributed by atoms with Crippen LogP contribution in [0.1, 0.15) is 26.7 Å².